The molecule has 0 atom stereocenters. The van der Waals surface area contributed by atoms with Crippen LogP contribution in [0.2, 0.25) is 0 Å². The maximum absolute atomic E-state index is 12.0. The second-order valence-corrected chi connectivity index (χ2v) is 4.97. The highest BCUT2D eigenvalue weighted by molar-refractivity contribution is 5.92. The zero-order chi connectivity index (χ0) is 16.2. The Morgan fingerprint density at radius 1 is 1.22 bits per heavy atom. The van der Waals surface area contributed by atoms with Crippen LogP contribution in [0.4, 0.5) is 0 Å². The van der Waals surface area contributed by atoms with E-state index in [9.17, 15) is 9.90 Å². The summed E-state index contributed by atoms with van der Waals surface area (Å²) in [5.41, 5.74) is 1.76. The number of esters is 1. The molecule has 6 nitrogen and oxygen atoms in total. The Hall–Kier alpha value is -3.15. The molecule has 1 heterocycles. The van der Waals surface area contributed by atoms with Crippen LogP contribution in [-0.4, -0.2) is 21.2 Å². The molecule has 1 aromatic heterocycles. The van der Waals surface area contributed by atoms with Gasteiger partial charge >= 0.3 is 5.97 Å². The van der Waals surface area contributed by atoms with Crippen molar-refractivity contribution >= 4 is 5.97 Å². The van der Waals surface area contributed by atoms with E-state index in [1.165, 1.54) is 12.1 Å². The smallest absolute Gasteiger partial charge is 0.342 e. The van der Waals surface area contributed by atoms with Crippen molar-refractivity contribution in [1.82, 2.24) is 10.1 Å². The van der Waals surface area contributed by atoms with E-state index < -0.39 is 5.97 Å². The molecular weight excluding hydrogens is 296 g/mol. The fraction of sp³-hybridized carbons (Fsp3) is 0.118. The maximum atomic E-state index is 12.0. The summed E-state index contributed by atoms with van der Waals surface area (Å²) in [4.78, 5) is 16.1. The molecule has 0 radical (unpaired) electrons. The average Bonchev–Trinajstić information content (AvgIpc) is 3.02. The monoisotopic (exact) mass is 310 g/mol. The van der Waals surface area contributed by atoms with E-state index in [0.29, 0.717) is 5.82 Å². The van der Waals surface area contributed by atoms with E-state index in [1.54, 1.807) is 6.07 Å². The molecule has 0 amide bonds. The molecular formula is C17H14N2O4. The highest BCUT2D eigenvalue weighted by atomic mass is 16.6. The van der Waals surface area contributed by atoms with Crippen LogP contribution in [0.5, 0.6) is 5.75 Å². The summed E-state index contributed by atoms with van der Waals surface area (Å²) in [6, 6.07) is 14.1. The number of phenols is 1. The van der Waals surface area contributed by atoms with Gasteiger partial charge in [-0.2, -0.15) is 4.98 Å². The van der Waals surface area contributed by atoms with Gasteiger partial charge in [0.1, 0.15) is 11.3 Å². The van der Waals surface area contributed by atoms with Gasteiger partial charge in [-0.3, -0.25) is 0 Å². The summed E-state index contributed by atoms with van der Waals surface area (Å²) in [5, 5.41) is 13.6. The van der Waals surface area contributed by atoms with Crippen LogP contribution >= 0.6 is 0 Å². The van der Waals surface area contributed by atoms with E-state index in [0.717, 1.165) is 11.1 Å². The number of aromatic nitrogens is 2. The van der Waals surface area contributed by atoms with Crippen LogP contribution in [0.15, 0.2) is 53.1 Å². The number of aromatic hydroxyl groups is 1. The number of phenolic OH excluding ortho intramolecular Hbond substituents is 1. The summed E-state index contributed by atoms with van der Waals surface area (Å²) in [6.45, 7) is 1.66. The molecule has 2 aromatic carbocycles. The zero-order valence-corrected chi connectivity index (χ0v) is 12.4. The normalized spacial score (nSPS) is 10.5. The van der Waals surface area contributed by atoms with Crippen molar-refractivity contribution in [3.8, 4) is 17.1 Å². The molecule has 0 aliphatic heterocycles. The summed E-state index contributed by atoms with van der Waals surface area (Å²) < 4.78 is 10.1. The highest BCUT2D eigenvalue weighted by Crippen LogP contribution is 2.20. The van der Waals surface area contributed by atoms with E-state index in [-0.39, 0.29) is 23.8 Å². The third-order valence-electron chi connectivity index (χ3n) is 3.20. The number of carbonyl (C=O) groups is 1. The second-order valence-electron chi connectivity index (χ2n) is 4.97. The molecule has 0 saturated carbocycles. The Bertz CT molecular complexity index is 828. The Morgan fingerprint density at radius 2 is 2.00 bits per heavy atom. The predicted octanol–water partition coefficient (Wildman–Crippen LogP) is 3.11. The fourth-order valence-electron chi connectivity index (χ4n) is 2.04. The number of ether oxygens (including phenoxy) is 1. The number of hydrogen-bond acceptors (Lipinski definition) is 6. The van der Waals surface area contributed by atoms with Gasteiger partial charge in [0.05, 0.1) is 0 Å². The average molecular weight is 310 g/mol. The first kappa shape index (κ1) is 14.8. The lowest BCUT2D eigenvalue weighted by Crippen LogP contribution is -2.06. The standard InChI is InChI=1S/C17H14N2O4/c1-11-7-8-13(14(20)9-11)17(21)22-10-15-18-16(19-23-15)12-5-3-2-4-6-12/h2-9,20H,10H2,1H3. The molecule has 0 bridgehead atoms. The van der Waals surface area contributed by atoms with Crippen LogP contribution in [0, 0.1) is 6.92 Å². The van der Waals surface area contributed by atoms with Gasteiger partial charge in [-0.25, -0.2) is 4.79 Å². The first-order valence-corrected chi connectivity index (χ1v) is 6.98. The zero-order valence-electron chi connectivity index (χ0n) is 12.4. The van der Waals surface area contributed by atoms with Crippen molar-refractivity contribution in [3.63, 3.8) is 0 Å². The van der Waals surface area contributed by atoms with Gasteiger partial charge in [0.25, 0.3) is 5.89 Å². The molecule has 116 valence electrons. The van der Waals surface area contributed by atoms with Crippen molar-refractivity contribution in [3.05, 3.63) is 65.5 Å². The van der Waals surface area contributed by atoms with E-state index >= 15 is 0 Å². The third-order valence-corrected chi connectivity index (χ3v) is 3.20. The quantitative estimate of drug-likeness (QED) is 0.745. The molecule has 3 rings (SSSR count). The molecule has 0 unspecified atom stereocenters. The Labute approximate surface area is 132 Å². The summed E-state index contributed by atoms with van der Waals surface area (Å²) in [5.74, 6) is -0.161. The number of nitrogens with zero attached hydrogens (tertiary/aromatic N) is 2. The Kier molecular flexibility index (Phi) is 4.05. The first-order chi connectivity index (χ1) is 11.1. The molecule has 3 aromatic rings. The van der Waals surface area contributed by atoms with Gasteiger partial charge in [0.2, 0.25) is 5.82 Å². The fourth-order valence-corrected chi connectivity index (χ4v) is 2.04. The SMILES string of the molecule is Cc1ccc(C(=O)OCc2nc(-c3ccccc3)no2)c(O)c1. The van der Waals surface area contributed by atoms with Gasteiger partial charge in [-0.15, -0.1) is 0 Å². The van der Waals surface area contributed by atoms with Gasteiger partial charge in [0.15, 0.2) is 6.61 Å². The highest BCUT2D eigenvalue weighted by Gasteiger charge is 2.15. The van der Waals surface area contributed by atoms with Crippen LogP contribution in [0.3, 0.4) is 0 Å². The topological polar surface area (TPSA) is 85.5 Å². The molecule has 0 aliphatic carbocycles. The van der Waals surface area contributed by atoms with Gasteiger partial charge < -0.3 is 14.4 Å². The minimum Gasteiger partial charge on any atom is -0.507 e. The minimum absolute atomic E-state index is 0.0957. The minimum atomic E-state index is -0.651. The summed E-state index contributed by atoms with van der Waals surface area (Å²) in [7, 11) is 0. The van der Waals surface area contributed by atoms with Crippen molar-refractivity contribution in [2.45, 2.75) is 13.5 Å². The molecule has 0 fully saturated rings. The first-order valence-electron chi connectivity index (χ1n) is 6.98. The van der Waals surface area contributed by atoms with Gasteiger partial charge in [-0.05, 0) is 24.6 Å². The summed E-state index contributed by atoms with van der Waals surface area (Å²) >= 11 is 0. The van der Waals surface area contributed by atoms with Crippen molar-refractivity contribution < 1.29 is 19.2 Å². The van der Waals surface area contributed by atoms with E-state index in [2.05, 4.69) is 10.1 Å². The van der Waals surface area contributed by atoms with E-state index in [4.69, 9.17) is 9.26 Å². The maximum Gasteiger partial charge on any atom is 0.342 e. The number of hydrogen-bond donors (Lipinski definition) is 1. The third kappa shape index (κ3) is 3.37. The summed E-state index contributed by atoms with van der Waals surface area (Å²) in [6.07, 6.45) is 0. The van der Waals surface area contributed by atoms with Crippen molar-refractivity contribution in [2.75, 3.05) is 0 Å². The van der Waals surface area contributed by atoms with Crippen LogP contribution in [-0.2, 0) is 11.3 Å². The largest absolute Gasteiger partial charge is 0.507 e. The van der Waals surface area contributed by atoms with Gasteiger partial charge in [0, 0.05) is 5.56 Å². The van der Waals surface area contributed by atoms with E-state index in [1.807, 2.05) is 37.3 Å². The molecule has 23 heavy (non-hydrogen) atoms. The lowest BCUT2D eigenvalue weighted by molar-refractivity contribution is 0.0426. The lowest BCUT2D eigenvalue weighted by atomic mass is 10.1. The Balaban J connectivity index is 1.67. The number of carbonyl (C=O) groups excluding carboxylic acids is 1. The van der Waals surface area contributed by atoms with Crippen LogP contribution in [0.25, 0.3) is 11.4 Å². The molecule has 1 N–H and O–H groups in total. The predicted molar refractivity (Wildman–Crippen MR) is 81.7 cm³/mol. The Morgan fingerprint density at radius 3 is 2.74 bits per heavy atom. The molecule has 0 saturated heterocycles. The molecule has 6 heteroatoms. The van der Waals surface area contributed by atoms with Crippen LogP contribution < -0.4 is 0 Å². The number of rotatable bonds is 4. The van der Waals surface area contributed by atoms with Crippen LogP contribution in [0.1, 0.15) is 21.8 Å². The van der Waals surface area contributed by atoms with Gasteiger partial charge in [-0.1, -0.05) is 41.6 Å². The second kappa shape index (κ2) is 6.31. The lowest BCUT2D eigenvalue weighted by Gasteiger charge is -2.04. The molecule has 0 aliphatic rings. The van der Waals surface area contributed by atoms with Crippen molar-refractivity contribution in [1.29, 1.82) is 0 Å². The molecule has 0 spiro atoms. The number of benzene rings is 2. The number of aryl methyl sites for hydroxylation is 1. The van der Waals surface area contributed by atoms with Crippen molar-refractivity contribution in [2.24, 2.45) is 0 Å².